The third-order valence-corrected chi connectivity index (χ3v) is 10.4. The largest absolute Gasteiger partial charge is 0.350 e. The lowest BCUT2D eigenvalue weighted by atomic mass is 9.81. The number of rotatable bonds is 6. The molecule has 2 saturated heterocycles. The molecule has 5 rings (SSSR count). The van der Waals surface area contributed by atoms with Crippen molar-refractivity contribution in [3.8, 4) is 0 Å². The van der Waals surface area contributed by atoms with Gasteiger partial charge >= 0.3 is 0 Å². The fraction of sp³-hybridized carbons (Fsp3) is 0.519. The number of hydrogen-bond acceptors (Lipinski definition) is 4. The minimum Gasteiger partial charge on any atom is -0.350 e. The van der Waals surface area contributed by atoms with Gasteiger partial charge in [-0.3, -0.25) is 9.69 Å². The zero-order chi connectivity index (χ0) is 26.4. The molecular formula is C27H33F3IN5O. The van der Waals surface area contributed by atoms with E-state index in [1.807, 2.05) is 12.1 Å². The minimum atomic E-state index is -2.77. The number of halogens is 4. The molecular weight excluding hydrogens is 594 g/mol. The predicted molar refractivity (Wildman–Crippen MR) is 149 cm³/mol. The van der Waals surface area contributed by atoms with Gasteiger partial charge in [-0.05, 0) is 44.2 Å². The average Bonchev–Trinajstić information content (AvgIpc) is 3.50. The topological polar surface area (TPSA) is 44.6 Å². The molecule has 1 unspecified atom stereocenters. The van der Waals surface area contributed by atoms with Crippen molar-refractivity contribution in [2.45, 2.75) is 47.4 Å². The molecule has 3 aliphatic heterocycles. The van der Waals surface area contributed by atoms with Crippen molar-refractivity contribution < 1.29 is 18.0 Å². The summed E-state index contributed by atoms with van der Waals surface area (Å²) < 4.78 is 48.3. The third kappa shape index (κ3) is 4.53. The molecule has 2 fully saturated rings. The number of anilines is 1. The lowest BCUT2D eigenvalue weighted by Crippen LogP contribution is -2.57. The van der Waals surface area contributed by atoms with Gasteiger partial charge in [0.2, 0.25) is 0 Å². The van der Waals surface area contributed by atoms with Gasteiger partial charge in [0.15, 0.2) is 3.68 Å². The van der Waals surface area contributed by atoms with Gasteiger partial charge in [-0.25, -0.2) is 18.2 Å². The van der Waals surface area contributed by atoms with Crippen LogP contribution in [-0.4, -0.2) is 75.5 Å². The highest BCUT2D eigenvalue weighted by Crippen LogP contribution is 2.47. The fourth-order valence-corrected chi connectivity index (χ4v) is 7.61. The summed E-state index contributed by atoms with van der Waals surface area (Å²) in [5, 5.41) is 0. The summed E-state index contributed by atoms with van der Waals surface area (Å²) in [4.78, 5) is 23.5. The van der Waals surface area contributed by atoms with E-state index in [1.54, 1.807) is 29.3 Å². The van der Waals surface area contributed by atoms with Crippen LogP contribution >= 0.6 is 20.7 Å². The van der Waals surface area contributed by atoms with Gasteiger partial charge in [0.1, 0.15) is 5.82 Å². The van der Waals surface area contributed by atoms with Crippen LogP contribution in [0.15, 0.2) is 43.1 Å². The van der Waals surface area contributed by atoms with Crippen LogP contribution in [0, 0.1) is 0 Å². The van der Waals surface area contributed by atoms with Crippen LogP contribution in [0.3, 0.4) is 0 Å². The summed E-state index contributed by atoms with van der Waals surface area (Å²) in [5.74, 6) is -2.62. The van der Waals surface area contributed by atoms with E-state index in [9.17, 15) is 13.6 Å². The summed E-state index contributed by atoms with van der Waals surface area (Å²) in [6, 6.07) is 7.32. The molecule has 10 heteroatoms. The smallest absolute Gasteiger partial charge is 0.266 e. The van der Waals surface area contributed by atoms with E-state index in [0.717, 1.165) is 12.2 Å². The highest BCUT2D eigenvalue weighted by molar-refractivity contribution is 14.2. The molecule has 5 heterocycles. The molecule has 0 N–H and O–H groups in total. The second kappa shape index (κ2) is 9.83. The number of likely N-dealkylation sites (tertiary alicyclic amines) is 1. The van der Waals surface area contributed by atoms with Crippen molar-refractivity contribution in [1.82, 2.24) is 19.4 Å². The molecule has 0 aromatic carbocycles. The maximum atomic E-state index is 15.9. The molecule has 0 aliphatic carbocycles. The standard InChI is InChI=1S/C27H33F3IN5O/c1-4-9-27(30,31-2)22-8-7-21-25(33(3)17-18-36(21)22)10-14-34(15-11-25)24(37)20-6-5-13-32-23(20)35-16-12-26(28,29)19-35/h4-8,13H,1-2,9-12,14-19H2,3H3. The van der Waals surface area contributed by atoms with E-state index < -0.39 is 36.9 Å². The first-order chi connectivity index (χ1) is 17.6. The number of carbonyl (C=O) groups is 1. The molecule has 0 saturated carbocycles. The van der Waals surface area contributed by atoms with Crippen LogP contribution in [0.2, 0.25) is 0 Å². The Morgan fingerprint density at radius 1 is 1.16 bits per heavy atom. The van der Waals surface area contributed by atoms with Crippen LogP contribution in [-0.2, 0) is 15.8 Å². The number of pyridine rings is 1. The zero-order valence-corrected chi connectivity index (χ0v) is 23.3. The van der Waals surface area contributed by atoms with E-state index in [-0.39, 0.29) is 30.8 Å². The number of allylic oxidation sites excluding steroid dienone is 1. The number of likely N-dealkylation sites (N-methyl/N-ethyl adjacent to an activating group) is 1. The van der Waals surface area contributed by atoms with Gasteiger partial charge in [-0.1, -0.05) is 31.3 Å². The van der Waals surface area contributed by atoms with Gasteiger partial charge < -0.3 is 14.4 Å². The maximum absolute atomic E-state index is 15.9. The van der Waals surface area contributed by atoms with Gasteiger partial charge in [-0.15, -0.1) is 6.58 Å². The zero-order valence-electron chi connectivity index (χ0n) is 21.1. The van der Waals surface area contributed by atoms with Crippen molar-refractivity contribution in [3.63, 3.8) is 0 Å². The Morgan fingerprint density at radius 2 is 1.92 bits per heavy atom. The first kappa shape index (κ1) is 26.4. The Morgan fingerprint density at radius 3 is 2.57 bits per heavy atom. The van der Waals surface area contributed by atoms with E-state index in [2.05, 4.69) is 32.6 Å². The summed E-state index contributed by atoms with van der Waals surface area (Å²) in [6.45, 7) is 6.04. The van der Waals surface area contributed by atoms with Crippen LogP contribution in [0.4, 0.5) is 19.0 Å². The van der Waals surface area contributed by atoms with Gasteiger partial charge in [0.25, 0.3) is 11.8 Å². The number of fused-ring (bicyclic) bond motifs is 2. The molecule has 0 radical (unpaired) electrons. The number of amides is 1. The number of alkyl halides is 4. The van der Waals surface area contributed by atoms with Crippen LogP contribution in [0.5, 0.6) is 0 Å². The molecule has 2 aromatic rings. The number of nitrogens with zero attached hydrogens (tertiary/aromatic N) is 5. The lowest BCUT2D eigenvalue weighted by molar-refractivity contribution is 0.0119. The number of piperidine rings is 1. The summed E-state index contributed by atoms with van der Waals surface area (Å²) >= 11 is -0.948. The van der Waals surface area contributed by atoms with Crippen molar-refractivity contribution in [2.24, 2.45) is 0 Å². The van der Waals surface area contributed by atoms with Crippen molar-refractivity contribution in [1.29, 1.82) is 0 Å². The minimum absolute atomic E-state index is 0.176. The van der Waals surface area contributed by atoms with Gasteiger partial charge in [-0.2, -0.15) is 0 Å². The second-order valence-electron chi connectivity index (χ2n) is 10.2. The molecule has 1 spiro atoms. The Bertz CT molecular complexity index is 1210. The van der Waals surface area contributed by atoms with Gasteiger partial charge in [0.05, 0.1) is 23.3 Å². The molecule has 37 heavy (non-hydrogen) atoms. The highest BCUT2D eigenvalue weighted by atomic mass is 127. The Hall–Kier alpha value is -2.21. The molecule has 6 nitrogen and oxygen atoms in total. The first-order valence-electron chi connectivity index (χ1n) is 12.6. The normalized spacial score (nSPS) is 22.6. The van der Waals surface area contributed by atoms with Crippen molar-refractivity contribution >= 4 is 37.0 Å². The van der Waals surface area contributed by atoms with E-state index >= 15 is 4.39 Å². The van der Waals surface area contributed by atoms with Crippen LogP contribution < -0.4 is 4.90 Å². The molecule has 1 atom stereocenters. The average molecular weight is 627 g/mol. The number of aromatic nitrogens is 2. The van der Waals surface area contributed by atoms with E-state index in [4.69, 9.17) is 0 Å². The monoisotopic (exact) mass is 627 g/mol. The third-order valence-electron chi connectivity index (χ3n) is 8.20. The summed E-state index contributed by atoms with van der Waals surface area (Å²) in [6.07, 6.45) is 4.61. The quantitative estimate of drug-likeness (QED) is 0.260. The van der Waals surface area contributed by atoms with E-state index in [0.29, 0.717) is 49.6 Å². The van der Waals surface area contributed by atoms with Gasteiger partial charge in [0, 0.05) is 57.5 Å². The predicted octanol–water partition coefficient (Wildman–Crippen LogP) is 4.91. The molecule has 1 amide bonds. The summed E-state index contributed by atoms with van der Waals surface area (Å²) in [7, 11) is 2.10. The van der Waals surface area contributed by atoms with Crippen molar-refractivity contribution in [2.75, 3.05) is 44.7 Å². The Labute approximate surface area is 225 Å². The maximum Gasteiger partial charge on any atom is 0.266 e. The number of hydrogen-bond donors (Lipinski definition) is 0. The number of carbonyl (C=O) groups excluding carboxylic acids is 1. The van der Waals surface area contributed by atoms with Crippen molar-refractivity contribution in [3.05, 3.63) is 60.1 Å². The Balaban J connectivity index is 1.38. The summed E-state index contributed by atoms with van der Waals surface area (Å²) in [5.41, 5.74) is 1.85. The first-order valence-corrected chi connectivity index (χ1v) is 15.2. The SMILES string of the molecule is C=CCC(F)(I=C)c1ccc2n1CCN(C)C21CCN(C(=O)c2cccnc2N2CCC(F)(F)C2)CC1. The molecule has 2 aromatic heterocycles. The fourth-order valence-electron chi connectivity index (χ4n) is 6.12. The second-order valence-corrected chi connectivity index (χ2v) is 12.7. The highest BCUT2D eigenvalue weighted by Gasteiger charge is 2.47. The molecule has 200 valence electrons. The lowest BCUT2D eigenvalue weighted by Gasteiger charge is -2.51. The Kier molecular flexibility index (Phi) is 7.01. The molecule has 0 bridgehead atoms. The van der Waals surface area contributed by atoms with Crippen LogP contribution in [0.1, 0.15) is 47.4 Å². The van der Waals surface area contributed by atoms with E-state index in [1.165, 1.54) is 4.90 Å². The molecule has 3 aliphatic rings. The van der Waals surface area contributed by atoms with Crippen LogP contribution in [0.25, 0.3) is 0 Å².